The molecule has 0 saturated carbocycles. The van der Waals surface area contributed by atoms with Crippen LogP contribution in [0, 0.1) is 0 Å². The Morgan fingerprint density at radius 3 is 2.42 bits per heavy atom. The van der Waals surface area contributed by atoms with Crippen molar-refractivity contribution in [1.29, 1.82) is 0 Å². The van der Waals surface area contributed by atoms with Gasteiger partial charge in [-0.1, -0.05) is 12.2 Å². The molecule has 1 aromatic rings. The summed E-state index contributed by atoms with van der Waals surface area (Å²) in [5, 5.41) is 7.98. The van der Waals surface area contributed by atoms with Crippen molar-refractivity contribution < 1.29 is 4.55 Å². The highest BCUT2D eigenvalue weighted by Crippen LogP contribution is 2.11. The zero-order valence-electron chi connectivity index (χ0n) is 6.19. The van der Waals surface area contributed by atoms with Crippen molar-refractivity contribution >= 4 is 34.8 Å². The van der Waals surface area contributed by atoms with Crippen LogP contribution in [0.1, 0.15) is 0 Å². The molecule has 5 heteroatoms. The van der Waals surface area contributed by atoms with Crippen molar-refractivity contribution in [2.75, 3.05) is 5.32 Å². The quantitative estimate of drug-likeness (QED) is 0.565. The number of thiocarbonyl (C=S) groups is 1. The molecule has 64 valence electrons. The van der Waals surface area contributed by atoms with Crippen molar-refractivity contribution in [3.63, 3.8) is 0 Å². The van der Waals surface area contributed by atoms with Crippen molar-refractivity contribution in [2.24, 2.45) is 5.14 Å². The summed E-state index contributed by atoms with van der Waals surface area (Å²) >= 11 is 3.19. The SMILES string of the molecule is N[S+]([O-])c1ccc(NC=S)cc1. The zero-order valence-corrected chi connectivity index (χ0v) is 7.82. The van der Waals surface area contributed by atoms with E-state index in [-0.39, 0.29) is 0 Å². The Morgan fingerprint density at radius 1 is 1.42 bits per heavy atom. The molecule has 0 spiro atoms. The Labute approximate surface area is 79.3 Å². The molecule has 1 rings (SSSR count). The molecule has 0 aliphatic carbocycles. The first-order valence-corrected chi connectivity index (χ1v) is 4.89. The van der Waals surface area contributed by atoms with Gasteiger partial charge in [0.1, 0.15) is 0 Å². The predicted octanol–water partition coefficient (Wildman–Crippen LogP) is 1.04. The van der Waals surface area contributed by atoms with Crippen LogP contribution in [0.3, 0.4) is 0 Å². The van der Waals surface area contributed by atoms with Crippen LogP contribution >= 0.6 is 12.2 Å². The highest BCUT2D eigenvalue weighted by atomic mass is 32.2. The van der Waals surface area contributed by atoms with Gasteiger partial charge in [0.2, 0.25) is 0 Å². The van der Waals surface area contributed by atoms with Gasteiger partial charge in [-0.05, 0) is 24.3 Å². The first kappa shape index (κ1) is 9.47. The second-order valence-electron chi connectivity index (χ2n) is 2.08. The molecular formula is C7H8N2OS2. The molecule has 0 bridgehead atoms. The van der Waals surface area contributed by atoms with Crippen molar-refractivity contribution in [3.05, 3.63) is 24.3 Å². The predicted molar refractivity (Wildman–Crippen MR) is 54.3 cm³/mol. The topological polar surface area (TPSA) is 61.1 Å². The zero-order chi connectivity index (χ0) is 8.97. The number of benzene rings is 1. The Hall–Kier alpha value is -0.620. The lowest BCUT2D eigenvalue weighted by Crippen LogP contribution is -2.11. The third kappa shape index (κ3) is 2.46. The van der Waals surface area contributed by atoms with Crippen LogP contribution in [0.15, 0.2) is 29.2 Å². The smallest absolute Gasteiger partial charge is 0.173 e. The van der Waals surface area contributed by atoms with Crippen LogP contribution in [-0.2, 0) is 11.4 Å². The molecule has 0 amide bonds. The van der Waals surface area contributed by atoms with E-state index in [0.717, 1.165) is 5.69 Å². The molecule has 0 saturated heterocycles. The van der Waals surface area contributed by atoms with E-state index < -0.39 is 11.4 Å². The first-order chi connectivity index (χ1) is 5.74. The average molecular weight is 200 g/mol. The minimum Gasteiger partial charge on any atom is -0.593 e. The molecule has 1 aromatic carbocycles. The normalized spacial score (nSPS) is 12.2. The number of hydrogen-bond donors (Lipinski definition) is 2. The maximum atomic E-state index is 10.8. The standard InChI is InChI=1S/C7H8N2OS2/c8-12(10)7-3-1-6(2-4-7)9-5-11/h1-5H,8H2,(H,9,11). The lowest BCUT2D eigenvalue weighted by atomic mass is 10.3. The monoisotopic (exact) mass is 200 g/mol. The summed E-state index contributed by atoms with van der Waals surface area (Å²) < 4.78 is 10.8. The van der Waals surface area contributed by atoms with Crippen molar-refractivity contribution in [1.82, 2.24) is 0 Å². The number of anilines is 1. The van der Waals surface area contributed by atoms with E-state index in [1.807, 2.05) is 0 Å². The fourth-order valence-electron chi connectivity index (χ4n) is 0.753. The van der Waals surface area contributed by atoms with Crippen molar-refractivity contribution in [3.8, 4) is 0 Å². The fourth-order valence-corrected chi connectivity index (χ4v) is 1.29. The molecule has 3 N–H and O–H groups in total. The van der Waals surface area contributed by atoms with Gasteiger partial charge in [-0.2, -0.15) is 0 Å². The third-order valence-electron chi connectivity index (χ3n) is 1.31. The molecule has 12 heavy (non-hydrogen) atoms. The summed E-state index contributed by atoms with van der Waals surface area (Å²) in [6.45, 7) is 0. The van der Waals surface area contributed by atoms with Crippen LogP contribution in [0.25, 0.3) is 0 Å². The van der Waals surface area contributed by atoms with Gasteiger partial charge < -0.3 is 9.87 Å². The second kappa shape index (κ2) is 4.42. The van der Waals surface area contributed by atoms with Gasteiger partial charge in [-0.15, -0.1) is 5.14 Å². The lowest BCUT2D eigenvalue weighted by Gasteiger charge is -2.03. The first-order valence-electron chi connectivity index (χ1n) is 3.20. The van der Waals surface area contributed by atoms with Gasteiger partial charge in [0.25, 0.3) is 0 Å². The number of nitrogens with two attached hydrogens (primary N) is 1. The Balaban J connectivity index is 2.78. The highest BCUT2D eigenvalue weighted by molar-refractivity contribution is 7.89. The molecule has 0 aliphatic heterocycles. The number of hydrogen-bond acceptors (Lipinski definition) is 3. The molecule has 0 radical (unpaired) electrons. The molecule has 0 aliphatic rings. The van der Waals surface area contributed by atoms with Gasteiger partial charge >= 0.3 is 0 Å². The van der Waals surface area contributed by atoms with Crippen LogP contribution < -0.4 is 10.5 Å². The van der Waals surface area contributed by atoms with Gasteiger partial charge in [0.05, 0.1) is 16.9 Å². The average Bonchev–Trinajstić information content (AvgIpc) is 2.06. The van der Waals surface area contributed by atoms with Gasteiger partial charge in [-0.25, -0.2) is 0 Å². The Morgan fingerprint density at radius 2 is 2.00 bits per heavy atom. The van der Waals surface area contributed by atoms with Crippen LogP contribution in [0.2, 0.25) is 0 Å². The van der Waals surface area contributed by atoms with Gasteiger partial charge in [0.15, 0.2) is 4.90 Å². The molecular weight excluding hydrogens is 192 g/mol. The summed E-state index contributed by atoms with van der Waals surface area (Å²) in [6.07, 6.45) is 0. The van der Waals surface area contributed by atoms with E-state index in [9.17, 15) is 4.55 Å². The van der Waals surface area contributed by atoms with Crippen molar-refractivity contribution in [2.45, 2.75) is 4.90 Å². The Bertz CT molecular complexity index is 261. The molecule has 0 aromatic heterocycles. The van der Waals surface area contributed by atoms with E-state index in [4.69, 9.17) is 5.14 Å². The minimum absolute atomic E-state index is 0.602. The largest absolute Gasteiger partial charge is 0.593 e. The number of rotatable bonds is 3. The highest BCUT2D eigenvalue weighted by Gasteiger charge is 2.03. The summed E-state index contributed by atoms with van der Waals surface area (Å²) in [7, 11) is 0. The molecule has 0 heterocycles. The summed E-state index contributed by atoms with van der Waals surface area (Å²) in [5.41, 5.74) is 2.27. The van der Waals surface area contributed by atoms with Gasteiger partial charge in [-0.3, -0.25) is 0 Å². The fraction of sp³-hybridized carbons (Fsp3) is 0. The van der Waals surface area contributed by atoms with E-state index in [1.54, 1.807) is 24.3 Å². The van der Waals surface area contributed by atoms with Crippen LogP contribution in [0.4, 0.5) is 5.69 Å². The van der Waals surface area contributed by atoms with E-state index >= 15 is 0 Å². The summed E-state index contributed by atoms with van der Waals surface area (Å²) in [5.74, 6) is 0. The second-order valence-corrected chi connectivity index (χ2v) is 3.39. The molecule has 1 atom stereocenters. The number of nitrogens with one attached hydrogen (secondary N) is 1. The minimum atomic E-state index is -1.41. The summed E-state index contributed by atoms with van der Waals surface area (Å²) in [4.78, 5) is 0.602. The van der Waals surface area contributed by atoms with Gasteiger partial charge in [0, 0.05) is 5.69 Å². The van der Waals surface area contributed by atoms with Crippen LogP contribution in [-0.4, -0.2) is 10.0 Å². The summed E-state index contributed by atoms with van der Waals surface area (Å²) in [6, 6.07) is 6.92. The maximum Gasteiger partial charge on any atom is 0.173 e. The molecule has 1 unspecified atom stereocenters. The van der Waals surface area contributed by atoms with E-state index in [1.165, 1.54) is 5.49 Å². The molecule has 0 fully saturated rings. The molecule has 3 nitrogen and oxygen atoms in total. The lowest BCUT2D eigenvalue weighted by molar-refractivity contribution is 0.597. The third-order valence-corrected chi connectivity index (χ3v) is 2.17. The van der Waals surface area contributed by atoms with E-state index in [2.05, 4.69) is 17.5 Å². The van der Waals surface area contributed by atoms with E-state index in [0.29, 0.717) is 4.90 Å². The Kier molecular flexibility index (Phi) is 3.48. The maximum absolute atomic E-state index is 10.8. The van der Waals surface area contributed by atoms with Crippen LogP contribution in [0.5, 0.6) is 0 Å².